The van der Waals surface area contributed by atoms with Gasteiger partial charge in [0, 0.05) is 19.0 Å². The maximum Gasteiger partial charge on any atom is 0.256 e. The molecule has 3 rings (SSSR count). The molecule has 1 saturated heterocycles. The summed E-state index contributed by atoms with van der Waals surface area (Å²) in [6, 6.07) is 0. The molecule has 1 atom stereocenters. The molecule has 5 heteroatoms. The number of aryl methyl sites for hydroxylation is 1. The molecule has 1 aliphatic carbocycles. The van der Waals surface area contributed by atoms with Gasteiger partial charge in [0.05, 0.1) is 5.69 Å². The van der Waals surface area contributed by atoms with Gasteiger partial charge in [-0.25, -0.2) is 0 Å². The summed E-state index contributed by atoms with van der Waals surface area (Å²) in [5.74, 6) is 1.65. The summed E-state index contributed by atoms with van der Waals surface area (Å²) in [6.07, 6.45) is 4.84. The first-order chi connectivity index (χ1) is 10.1. The molecule has 1 aromatic rings. The van der Waals surface area contributed by atoms with Gasteiger partial charge in [-0.2, -0.15) is 0 Å². The van der Waals surface area contributed by atoms with Crippen LogP contribution >= 0.6 is 0 Å². The zero-order chi connectivity index (χ0) is 14.8. The number of nitrogens with one attached hydrogen (secondary N) is 1. The van der Waals surface area contributed by atoms with E-state index in [2.05, 4.69) is 22.3 Å². The molecule has 5 nitrogen and oxygen atoms in total. The SMILES string of the molecule is Cc1noc(C2CC2)c1C(=O)NCC(C)CN1CCCC1. The van der Waals surface area contributed by atoms with Crippen molar-refractivity contribution in [2.45, 2.75) is 45.4 Å². The van der Waals surface area contributed by atoms with Crippen LogP contribution in [-0.4, -0.2) is 42.1 Å². The Morgan fingerprint density at radius 1 is 1.43 bits per heavy atom. The predicted molar refractivity (Wildman–Crippen MR) is 80.4 cm³/mol. The van der Waals surface area contributed by atoms with Crippen LogP contribution in [0, 0.1) is 12.8 Å². The largest absolute Gasteiger partial charge is 0.360 e. The number of aromatic nitrogens is 1. The lowest BCUT2D eigenvalue weighted by Gasteiger charge is -2.20. The van der Waals surface area contributed by atoms with E-state index in [9.17, 15) is 4.79 Å². The summed E-state index contributed by atoms with van der Waals surface area (Å²) >= 11 is 0. The van der Waals surface area contributed by atoms with Crippen molar-refractivity contribution < 1.29 is 9.32 Å². The molecule has 0 spiro atoms. The molecule has 116 valence electrons. The van der Waals surface area contributed by atoms with Crippen molar-refractivity contribution in [1.29, 1.82) is 0 Å². The summed E-state index contributed by atoms with van der Waals surface area (Å²) in [6.45, 7) is 8.23. The average Bonchev–Trinajstić information content (AvgIpc) is 3.04. The highest BCUT2D eigenvalue weighted by Crippen LogP contribution is 2.42. The summed E-state index contributed by atoms with van der Waals surface area (Å²) in [5, 5.41) is 7.02. The number of rotatable bonds is 6. The second-order valence-electron chi connectivity index (χ2n) is 6.60. The van der Waals surface area contributed by atoms with Gasteiger partial charge in [0.15, 0.2) is 5.76 Å². The van der Waals surface area contributed by atoms with E-state index < -0.39 is 0 Å². The fourth-order valence-corrected chi connectivity index (χ4v) is 3.11. The third kappa shape index (κ3) is 3.46. The minimum absolute atomic E-state index is 0.0241. The molecule has 1 aromatic heterocycles. The van der Waals surface area contributed by atoms with E-state index >= 15 is 0 Å². The number of hydrogen-bond acceptors (Lipinski definition) is 4. The van der Waals surface area contributed by atoms with Crippen LogP contribution in [0.15, 0.2) is 4.52 Å². The van der Waals surface area contributed by atoms with E-state index in [0.29, 0.717) is 29.6 Å². The Labute approximate surface area is 126 Å². The van der Waals surface area contributed by atoms with Gasteiger partial charge < -0.3 is 14.7 Å². The fourth-order valence-electron chi connectivity index (χ4n) is 3.11. The Balaban J connectivity index is 1.52. The quantitative estimate of drug-likeness (QED) is 0.874. The maximum atomic E-state index is 12.4. The molecule has 1 unspecified atom stereocenters. The monoisotopic (exact) mass is 291 g/mol. The van der Waals surface area contributed by atoms with Crippen LogP contribution in [0.1, 0.15) is 60.3 Å². The smallest absolute Gasteiger partial charge is 0.256 e. The lowest BCUT2D eigenvalue weighted by atomic mass is 10.1. The molecule has 1 N–H and O–H groups in total. The van der Waals surface area contributed by atoms with Crippen molar-refractivity contribution in [3.8, 4) is 0 Å². The van der Waals surface area contributed by atoms with Crippen molar-refractivity contribution >= 4 is 5.91 Å². The van der Waals surface area contributed by atoms with E-state index in [0.717, 1.165) is 25.1 Å². The van der Waals surface area contributed by atoms with E-state index in [-0.39, 0.29) is 5.91 Å². The first-order valence-electron chi connectivity index (χ1n) is 8.12. The van der Waals surface area contributed by atoms with Crippen LogP contribution in [-0.2, 0) is 0 Å². The standard InChI is InChI=1S/C16H25N3O2/c1-11(10-19-7-3-4-8-19)9-17-16(20)14-12(2)18-21-15(14)13-5-6-13/h11,13H,3-10H2,1-2H3,(H,17,20). The lowest BCUT2D eigenvalue weighted by Crippen LogP contribution is -2.34. The van der Waals surface area contributed by atoms with Gasteiger partial charge in [-0.15, -0.1) is 0 Å². The number of amides is 1. The van der Waals surface area contributed by atoms with Crippen LogP contribution in [0.2, 0.25) is 0 Å². The average molecular weight is 291 g/mol. The summed E-state index contributed by atoms with van der Waals surface area (Å²) in [7, 11) is 0. The van der Waals surface area contributed by atoms with Crippen molar-refractivity contribution in [2.24, 2.45) is 5.92 Å². The topological polar surface area (TPSA) is 58.4 Å². The van der Waals surface area contributed by atoms with Gasteiger partial charge in [0.2, 0.25) is 0 Å². The highest BCUT2D eigenvalue weighted by atomic mass is 16.5. The molecule has 2 fully saturated rings. The van der Waals surface area contributed by atoms with Crippen LogP contribution in [0.25, 0.3) is 0 Å². The molecule has 0 radical (unpaired) electrons. The summed E-state index contributed by atoms with van der Waals surface area (Å²) in [4.78, 5) is 14.9. The van der Waals surface area contributed by atoms with Gasteiger partial charge >= 0.3 is 0 Å². The van der Waals surface area contributed by atoms with Crippen LogP contribution in [0.3, 0.4) is 0 Å². The summed E-state index contributed by atoms with van der Waals surface area (Å²) < 4.78 is 5.34. The molecule has 2 heterocycles. The van der Waals surface area contributed by atoms with Crippen molar-refractivity contribution in [2.75, 3.05) is 26.2 Å². The molecule has 1 aliphatic heterocycles. The normalized spacial score (nSPS) is 20.7. The molecule has 0 bridgehead atoms. The Hall–Kier alpha value is -1.36. The minimum Gasteiger partial charge on any atom is -0.360 e. The Morgan fingerprint density at radius 2 is 2.14 bits per heavy atom. The van der Waals surface area contributed by atoms with Gasteiger partial charge in [0.25, 0.3) is 5.91 Å². The molecular weight excluding hydrogens is 266 g/mol. The molecule has 2 aliphatic rings. The van der Waals surface area contributed by atoms with Gasteiger partial charge in [-0.05, 0) is 51.6 Å². The van der Waals surface area contributed by atoms with Gasteiger partial charge in [-0.1, -0.05) is 12.1 Å². The van der Waals surface area contributed by atoms with Crippen molar-refractivity contribution in [1.82, 2.24) is 15.4 Å². The second-order valence-corrected chi connectivity index (χ2v) is 6.60. The molecule has 1 saturated carbocycles. The maximum absolute atomic E-state index is 12.4. The van der Waals surface area contributed by atoms with Crippen LogP contribution in [0.4, 0.5) is 0 Å². The fraction of sp³-hybridized carbons (Fsp3) is 0.750. The predicted octanol–water partition coefficient (Wildman–Crippen LogP) is 2.32. The number of carbonyl (C=O) groups is 1. The number of nitrogens with zero attached hydrogens (tertiary/aromatic N) is 2. The van der Waals surface area contributed by atoms with E-state index in [1.165, 1.54) is 25.9 Å². The number of carbonyl (C=O) groups excluding carboxylic acids is 1. The first kappa shape index (κ1) is 14.6. The zero-order valence-electron chi connectivity index (χ0n) is 13.0. The molecule has 21 heavy (non-hydrogen) atoms. The van der Waals surface area contributed by atoms with Gasteiger partial charge in [-0.3, -0.25) is 4.79 Å². The van der Waals surface area contributed by atoms with Crippen molar-refractivity contribution in [3.63, 3.8) is 0 Å². The van der Waals surface area contributed by atoms with Crippen molar-refractivity contribution in [3.05, 3.63) is 17.0 Å². The Morgan fingerprint density at radius 3 is 2.81 bits per heavy atom. The van der Waals surface area contributed by atoms with E-state index in [1.54, 1.807) is 0 Å². The number of likely N-dealkylation sites (tertiary alicyclic amines) is 1. The third-order valence-electron chi connectivity index (χ3n) is 4.44. The lowest BCUT2D eigenvalue weighted by molar-refractivity contribution is 0.0942. The second kappa shape index (κ2) is 6.18. The summed E-state index contributed by atoms with van der Waals surface area (Å²) in [5.41, 5.74) is 1.38. The highest BCUT2D eigenvalue weighted by molar-refractivity contribution is 5.96. The Bertz CT molecular complexity index is 502. The van der Waals surface area contributed by atoms with E-state index in [1.807, 2.05) is 6.92 Å². The minimum atomic E-state index is -0.0241. The molecular formula is C16H25N3O2. The molecule has 1 amide bonds. The van der Waals surface area contributed by atoms with E-state index in [4.69, 9.17) is 4.52 Å². The van der Waals surface area contributed by atoms with Gasteiger partial charge in [0.1, 0.15) is 5.56 Å². The molecule has 0 aromatic carbocycles. The highest BCUT2D eigenvalue weighted by Gasteiger charge is 2.34. The zero-order valence-corrected chi connectivity index (χ0v) is 13.0. The Kier molecular flexibility index (Phi) is 4.29. The van der Waals surface area contributed by atoms with Crippen LogP contribution < -0.4 is 5.32 Å². The third-order valence-corrected chi connectivity index (χ3v) is 4.44. The van der Waals surface area contributed by atoms with Crippen LogP contribution in [0.5, 0.6) is 0 Å². The number of hydrogen-bond donors (Lipinski definition) is 1. The first-order valence-corrected chi connectivity index (χ1v) is 8.12.